The van der Waals surface area contributed by atoms with E-state index in [2.05, 4.69) is 43.6 Å². The maximum absolute atomic E-state index is 3.40. The molecule has 1 N–H and O–H groups in total. The summed E-state index contributed by atoms with van der Waals surface area (Å²) in [6.45, 7) is 2.30. The van der Waals surface area contributed by atoms with Crippen LogP contribution in [0, 0.1) is 0 Å². The van der Waals surface area contributed by atoms with E-state index in [-0.39, 0.29) is 0 Å². The van der Waals surface area contributed by atoms with Crippen LogP contribution < -0.4 is 5.32 Å². The van der Waals surface area contributed by atoms with Gasteiger partial charge < -0.3 is 5.32 Å². The lowest BCUT2D eigenvalue weighted by Crippen LogP contribution is -2.29. The molecular weight excluding hydrogens is 182 g/mol. The molecule has 0 radical (unpaired) electrons. The van der Waals surface area contributed by atoms with Gasteiger partial charge in [-0.1, -0.05) is 30.7 Å². The second-order valence-corrected chi connectivity index (χ2v) is 4.63. The highest BCUT2D eigenvalue weighted by Crippen LogP contribution is 2.32. The minimum Gasteiger partial charge on any atom is -0.317 e. The van der Waals surface area contributed by atoms with Crippen LogP contribution >= 0.6 is 0 Å². The Hall–Kier alpha value is -0.820. The Labute approximate surface area is 92.9 Å². The van der Waals surface area contributed by atoms with Crippen LogP contribution in [0.5, 0.6) is 0 Å². The van der Waals surface area contributed by atoms with Crippen molar-refractivity contribution in [3.63, 3.8) is 0 Å². The normalized spacial score (nSPS) is 22.9. The Morgan fingerprint density at radius 2 is 2.07 bits per heavy atom. The largest absolute Gasteiger partial charge is 0.317 e. The molecule has 0 heterocycles. The van der Waals surface area contributed by atoms with Crippen LogP contribution in [0.4, 0.5) is 0 Å². The van der Waals surface area contributed by atoms with Gasteiger partial charge in [0.15, 0.2) is 0 Å². The van der Waals surface area contributed by atoms with E-state index in [1.165, 1.54) is 25.7 Å². The molecule has 0 amide bonds. The summed E-state index contributed by atoms with van der Waals surface area (Å²) in [6, 6.07) is 9.56. The summed E-state index contributed by atoms with van der Waals surface area (Å²) >= 11 is 0. The van der Waals surface area contributed by atoms with E-state index in [4.69, 9.17) is 0 Å². The van der Waals surface area contributed by atoms with Gasteiger partial charge in [0.2, 0.25) is 0 Å². The molecule has 0 fully saturated rings. The summed E-state index contributed by atoms with van der Waals surface area (Å²) in [7, 11) is 2.07. The van der Waals surface area contributed by atoms with Crippen molar-refractivity contribution in [2.24, 2.45) is 0 Å². The molecule has 1 heteroatoms. The lowest BCUT2D eigenvalue weighted by atomic mass is 9.87. The van der Waals surface area contributed by atoms with Gasteiger partial charge in [-0.2, -0.15) is 0 Å². The molecule has 1 aliphatic carbocycles. The number of aryl methyl sites for hydroxylation is 1. The Morgan fingerprint density at radius 3 is 2.87 bits per heavy atom. The number of fused-ring (bicyclic) bond motifs is 1. The van der Waals surface area contributed by atoms with Gasteiger partial charge in [-0.3, -0.25) is 0 Å². The van der Waals surface area contributed by atoms with Gasteiger partial charge in [0.05, 0.1) is 0 Å². The third-order valence-corrected chi connectivity index (χ3v) is 3.72. The number of nitrogens with one attached hydrogen (secondary N) is 1. The summed E-state index contributed by atoms with van der Waals surface area (Å²) < 4.78 is 0. The zero-order valence-corrected chi connectivity index (χ0v) is 9.79. The highest BCUT2D eigenvalue weighted by Gasteiger charge is 2.22. The number of hydrogen-bond acceptors (Lipinski definition) is 1. The van der Waals surface area contributed by atoms with E-state index in [0.29, 0.717) is 12.0 Å². The van der Waals surface area contributed by atoms with Gasteiger partial charge in [-0.15, -0.1) is 0 Å². The van der Waals surface area contributed by atoms with Crippen LogP contribution in [0.15, 0.2) is 24.3 Å². The first-order chi connectivity index (χ1) is 7.33. The molecule has 1 aliphatic rings. The fourth-order valence-corrected chi connectivity index (χ4v) is 2.68. The highest BCUT2D eigenvalue weighted by atomic mass is 14.9. The molecule has 82 valence electrons. The number of hydrogen-bond donors (Lipinski definition) is 1. The smallest absolute Gasteiger partial charge is 0.0105 e. The van der Waals surface area contributed by atoms with Crippen molar-refractivity contribution in [3.05, 3.63) is 35.4 Å². The molecule has 0 saturated carbocycles. The maximum Gasteiger partial charge on any atom is 0.0105 e. The van der Waals surface area contributed by atoms with Crippen LogP contribution in [0.1, 0.15) is 43.2 Å². The first-order valence-electron chi connectivity index (χ1n) is 6.08. The molecule has 2 atom stereocenters. The molecule has 0 aromatic heterocycles. The van der Waals surface area contributed by atoms with Gasteiger partial charge in [-0.25, -0.2) is 0 Å². The summed E-state index contributed by atoms with van der Waals surface area (Å²) in [5, 5.41) is 3.40. The molecule has 0 spiro atoms. The van der Waals surface area contributed by atoms with Crippen molar-refractivity contribution in [2.75, 3.05) is 7.05 Å². The van der Waals surface area contributed by atoms with E-state index in [9.17, 15) is 0 Å². The molecular formula is C14H21N. The second kappa shape index (κ2) is 4.80. The Kier molecular flexibility index (Phi) is 3.42. The average molecular weight is 203 g/mol. The molecule has 1 nitrogen and oxygen atoms in total. The van der Waals surface area contributed by atoms with E-state index in [1.54, 1.807) is 11.1 Å². The van der Waals surface area contributed by atoms with Crippen molar-refractivity contribution < 1.29 is 0 Å². The lowest BCUT2D eigenvalue weighted by molar-refractivity contribution is 0.461. The van der Waals surface area contributed by atoms with Crippen LogP contribution in [-0.2, 0) is 6.42 Å². The molecule has 0 saturated heterocycles. The van der Waals surface area contributed by atoms with Gasteiger partial charge in [-0.05, 0) is 50.3 Å². The minimum atomic E-state index is 0.587. The van der Waals surface area contributed by atoms with Crippen LogP contribution in [0.2, 0.25) is 0 Å². The SMILES string of the molecule is CNC(C)C1CCCCc2ccccc21. The summed E-state index contributed by atoms with van der Waals surface area (Å²) in [4.78, 5) is 0. The molecule has 0 aliphatic heterocycles. The van der Waals surface area contributed by atoms with E-state index >= 15 is 0 Å². The first kappa shape index (κ1) is 10.7. The van der Waals surface area contributed by atoms with Crippen molar-refractivity contribution in [1.82, 2.24) is 5.32 Å². The van der Waals surface area contributed by atoms with Crippen LogP contribution in [0.3, 0.4) is 0 Å². The van der Waals surface area contributed by atoms with Crippen LogP contribution in [-0.4, -0.2) is 13.1 Å². The summed E-state index contributed by atoms with van der Waals surface area (Å²) in [5.74, 6) is 0.702. The zero-order chi connectivity index (χ0) is 10.7. The highest BCUT2D eigenvalue weighted by molar-refractivity contribution is 5.32. The monoisotopic (exact) mass is 203 g/mol. The molecule has 1 aromatic carbocycles. The first-order valence-corrected chi connectivity index (χ1v) is 6.08. The quantitative estimate of drug-likeness (QED) is 0.728. The minimum absolute atomic E-state index is 0.587. The third kappa shape index (κ3) is 2.23. The Balaban J connectivity index is 2.32. The van der Waals surface area contributed by atoms with Gasteiger partial charge in [0, 0.05) is 6.04 Å². The fraction of sp³-hybridized carbons (Fsp3) is 0.571. The van der Waals surface area contributed by atoms with E-state index < -0.39 is 0 Å². The fourth-order valence-electron chi connectivity index (χ4n) is 2.68. The lowest BCUT2D eigenvalue weighted by Gasteiger charge is -2.24. The zero-order valence-electron chi connectivity index (χ0n) is 9.79. The molecule has 1 aromatic rings. The van der Waals surface area contributed by atoms with Crippen molar-refractivity contribution in [2.45, 2.75) is 44.6 Å². The predicted octanol–water partition coefficient (Wildman–Crippen LogP) is 3.10. The predicted molar refractivity (Wildman–Crippen MR) is 65.3 cm³/mol. The Bertz CT molecular complexity index is 319. The van der Waals surface area contributed by atoms with Crippen molar-refractivity contribution >= 4 is 0 Å². The summed E-state index contributed by atoms with van der Waals surface area (Å²) in [5.41, 5.74) is 3.15. The molecule has 0 bridgehead atoms. The second-order valence-electron chi connectivity index (χ2n) is 4.63. The maximum atomic E-state index is 3.40. The topological polar surface area (TPSA) is 12.0 Å². The average Bonchev–Trinajstić information content (AvgIpc) is 2.50. The van der Waals surface area contributed by atoms with Crippen molar-refractivity contribution in [3.8, 4) is 0 Å². The number of benzene rings is 1. The van der Waals surface area contributed by atoms with Gasteiger partial charge in [0.1, 0.15) is 0 Å². The van der Waals surface area contributed by atoms with E-state index in [0.717, 1.165) is 0 Å². The Morgan fingerprint density at radius 1 is 1.27 bits per heavy atom. The van der Waals surface area contributed by atoms with Crippen molar-refractivity contribution in [1.29, 1.82) is 0 Å². The molecule has 2 rings (SSSR count). The third-order valence-electron chi connectivity index (χ3n) is 3.72. The van der Waals surface area contributed by atoms with Crippen LogP contribution in [0.25, 0.3) is 0 Å². The standard InChI is InChI=1S/C14H21N/c1-11(15-2)13-9-5-3-7-12-8-4-6-10-14(12)13/h4,6,8,10-11,13,15H,3,5,7,9H2,1-2H3. The molecule has 15 heavy (non-hydrogen) atoms. The number of likely N-dealkylation sites (N-methyl/N-ethyl adjacent to an activating group) is 1. The van der Waals surface area contributed by atoms with Gasteiger partial charge >= 0.3 is 0 Å². The molecule has 2 unspecified atom stereocenters. The number of rotatable bonds is 2. The summed E-state index contributed by atoms with van der Waals surface area (Å²) in [6.07, 6.45) is 5.32. The van der Waals surface area contributed by atoms with E-state index in [1.807, 2.05) is 0 Å². The van der Waals surface area contributed by atoms with Gasteiger partial charge in [0.25, 0.3) is 0 Å².